The maximum absolute atomic E-state index is 14.3. The Hall–Kier alpha value is -4.31. The fraction of sp³-hybridized carbons (Fsp3) is 0.323. The fourth-order valence-electron chi connectivity index (χ4n) is 5.28. The lowest BCUT2D eigenvalue weighted by Gasteiger charge is -2.46. The molecule has 1 fully saturated rings. The average molecular weight is 592 g/mol. The summed E-state index contributed by atoms with van der Waals surface area (Å²) in [6, 6.07) is 10.9. The number of piperazine rings is 1. The van der Waals surface area contributed by atoms with Crippen molar-refractivity contribution in [1.29, 1.82) is 0 Å². The van der Waals surface area contributed by atoms with E-state index in [1.54, 1.807) is 21.9 Å². The number of nitrogens with zero attached hydrogens (tertiary/aromatic N) is 5. The first kappa shape index (κ1) is 29.2. The molecule has 1 aliphatic heterocycles. The second kappa shape index (κ2) is 10.5. The predicted octanol–water partition coefficient (Wildman–Crippen LogP) is 5.72. The van der Waals surface area contributed by atoms with E-state index in [0.29, 0.717) is 11.2 Å². The van der Waals surface area contributed by atoms with Crippen molar-refractivity contribution < 1.29 is 23.9 Å². The number of hydrogen-bond acceptors (Lipinski definition) is 5. The highest BCUT2D eigenvalue weighted by atomic mass is 35.5. The molecule has 1 saturated heterocycles. The van der Waals surface area contributed by atoms with Gasteiger partial charge in [0.05, 0.1) is 16.1 Å². The molecule has 0 aliphatic carbocycles. The smallest absolute Gasteiger partial charge is 0.337 e. The van der Waals surface area contributed by atoms with Crippen LogP contribution < -0.4 is 0 Å². The first-order valence-electron chi connectivity index (χ1n) is 13.5. The second-order valence-electron chi connectivity index (χ2n) is 12.0. The van der Waals surface area contributed by atoms with E-state index < -0.39 is 17.3 Å². The Kier molecular flexibility index (Phi) is 7.30. The molecular formula is C31H31ClFN5O4. The lowest BCUT2D eigenvalue weighted by molar-refractivity contribution is 0.0162. The summed E-state index contributed by atoms with van der Waals surface area (Å²) in [5, 5.41) is 9.91. The van der Waals surface area contributed by atoms with E-state index >= 15 is 0 Å². The zero-order chi connectivity index (χ0) is 30.6. The van der Waals surface area contributed by atoms with Crippen LogP contribution in [0.25, 0.3) is 22.2 Å². The molecule has 1 N–H and O–H groups in total. The number of amides is 2. The van der Waals surface area contributed by atoms with Crippen molar-refractivity contribution in [3.05, 3.63) is 82.6 Å². The third kappa shape index (κ3) is 5.34. The van der Waals surface area contributed by atoms with Crippen molar-refractivity contribution in [2.24, 2.45) is 0 Å². The van der Waals surface area contributed by atoms with Gasteiger partial charge in [-0.05, 0) is 76.6 Å². The summed E-state index contributed by atoms with van der Waals surface area (Å²) < 4.78 is 16.3. The molecule has 3 aromatic heterocycles. The molecule has 4 heterocycles. The zero-order valence-corrected chi connectivity index (χ0v) is 24.7. The van der Waals surface area contributed by atoms with Crippen molar-refractivity contribution in [1.82, 2.24) is 24.3 Å². The Balaban J connectivity index is 1.43. The van der Waals surface area contributed by atoms with Gasteiger partial charge in [0.1, 0.15) is 22.9 Å². The monoisotopic (exact) mass is 591 g/mol. The van der Waals surface area contributed by atoms with Crippen molar-refractivity contribution >= 4 is 40.4 Å². The molecule has 0 saturated carbocycles. The van der Waals surface area contributed by atoms with Crippen LogP contribution in [0, 0.1) is 5.82 Å². The number of carboxylic acid groups (broad SMARTS) is 1. The normalized spacial score (nSPS) is 15.2. The SMILES string of the molecule is CC1(C)CN(C(=O)c2ccc(C(=O)O)cn2)CCN1C(=O)c1ccc2c(-c3ccc(Cl)c(F)c3)cn(C(C)(C)C)c2n1. The largest absolute Gasteiger partial charge is 0.478 e. The van der Waals surface area contributed by atoms with Crippen LogP contribution in [0.15, 0.2) is 54.9 Å². The Morgan fingerprint density at radius 3 is 2.31 bits per heavy atom. The van der Waals surface area contributed by atoms with E-state index in [1.807, 2.05) is 51.4 Å². The minimum absolute atomic E-state index is 0.00295. The maximum Gasteiger partial charge on any atom is 0.337 e. The van der Waals surface area contributed by atoms with Gasteiger partial charge < -0.3 is 19.5 Å². The topological polar surface area (TPSA) is 109 Å². The lowest BCUT2D eigenvalue weighted by Crippen LogP contribution is -2.62. The first-order chi connectivity index (χ1) is 19.7. The Bertz CT molecular complexity index is 1730. The number of rotatable bonds is 4. The second-order valence-corrected chi connectivity index (χ2v) is 12.4. The summed E-state index contributed by atoms with van der Waals surface area (Å²) in [5.74, 6) is -2.23. The lowest BCUT2D eigenvalue weighted by atomic mass is 9.97. The van der Waals surface area contributed by atoms with Crippen molar-refractivity contribution in [3.8, 4) is 11.1 Å². The van der Waals surface area contributed by atoms with Gasteiger partial charge in [0, 0.05) is 48.5 Å². The van der Waals surface area contributed by atoms with Gasteiger partial charge in [-0.1, -0.05) is 17.7 Å². The molecule has 0 radical (unpaired) electrons. The number of hydrogen-bond donors (Lipinski definition) is 1. The highest BCUT2D eigenvalue weighted by Gasteiger charge is 2.39. The van der Waals surface area contributed by atoms with E-state index in [-0.39, 0.29) is 59.0 Å². The van der Waals surface area contributed by atoms with Crippen LogP contribution in [-0.4, -0.2) is 72.4 Å². The van der Waals surface area contributed by atoms with E-state index in [0.717, 1.165) is 17.1 Å². The number of pyridine rings is 2. The van der Waals surface area contributed by atoms with Gasteiger partial charge in [-0.25, -0.2) is 14.2 Å². The van der Waals surface area contributed by atoms with Crippen molar-refractivity contribution in [2.75, 3.05) is 19.6 Å². The number of carbonyl (C=O) groups excluding carboxylic acids is 2. The molecule has 218 valence electrons. The summed E-state index contributed by atoms with van der Waals surface area (Å²) in [5.41, 5.74) is 1.33. The van der Waals surface area contributed by atoms with Crippen molar-refractivity contribution in [2.45, 2.75) is 45.7 Å². The number of aromatic carboxylic acids is 1. The number of carbonyl (C=O) groups is 3. The molecule has 1 aromatic carbocycles. The molecule has 9 nitrogen and oxygen atoms in total. The van der Waals surface area contributed by atoms with Gasteiger partial charge in [0.25, 0.3) is 11.8 Å². The fourth-order valence-corrected chi connectivity index (χ4v) is 5.40. The van der Waals surface area contributed by atoms with Crippen LogP contribution in [0.2, 0.25) is 5.02 Å². The molecular weight excluding hydrogens is 561 g/mol. The van der Waals surface area contributed by atoms with Gasteiger partial charge in [-0.15, -0.1) is 0 Å². The third-order valence-corrected chi connectivity index (χ3v) is 7.79. The van der Waals surface area contributed by atoms with Gasteiger partial charge in [0.2, 0.25) is 0 Å². The van der Waals surface area contributed by atoms with Crippen LogP contribution in [0.4, 0.5) is 4.39 Å². The minimum atomic E-state index is -1.12. The first-order valence-corrected chi connectivity index (χ1v) is 13.8. The van der Waals surface area contributed by atoms with E-state index in [2.05, 4.69) is 4.98 Å². The average Bonchev–Trinajstić information content (AvgIpc) is 3.33. The molecule has 5 rings (SSSR count). The van der Waals surface area contributed by atoms with Crippen LogP contribution in [0.1, 0.15) is 66.0 Å². The molecule has 0 atom stereocenters. The number of halogens is 2. The Morgan fingerprint density at radius 1 is 1.00 bits per heavy atom. The van der Waals surface area contributed by atoms with Gasteiger partial charge >= 0.3 is 5.97 Å². The molecule has 0 spiro atoms. The zero-order valence-electron chi connectivity index (χ0n) is 24.0. The predicted molar refractivity (Wildman–Crippen MR) is 157 cm³/mol. The molecule has 0 unspecified atom stereocenters. The summed E-state index contributed by atoms with van der Waals surface area (Å²) in [6.45, 7) is 10.7. The molecule has 4 aromatic rings. The van der Waals surface area contributed by atoms with Gasteiger partial charge in [-0.3, -0.25) is 14.6 Å². The van der Waals surface area contributed by atoms with Crippen LogP contribution in [0.3, 0.4) is 0 Å². The summed E-state index contributed by atoms with van der Waals surface area (Å²) in [7, 11) is 0. The number of fused-ring (bicyclic) bond motifs is 1. The minimum Gasteiger partial charge on any atom is -0.478 e. The van der Waals surface area contributed by atoms with Gasteiger partial charge in [-0.2, -0.15) is 0 Å². The quantitative estimate of drug-likeness (QED) is 0.325. The van der Waals surface area contributed by atoms with Crippen LogP contribution >= 0.6 is 11.6 Å². The molecule has 2 amide bonds. The van der Waals surface area contributed by atoms with E-state index in [9.17, 15) is 18.8 Å². The molecule has 11 heteroatoms. The Labute approximate surface area is 247 Å². The van der Waals surface area contributed by atoms with Crippen LogP contribution in [0.5, 0.6) is 0 Å². The molecule has 1 aliphatic rings. The summed E-state index contributed by atoms with van der Waals surface area (Å²) in [6.07, 6.45) is 3.07. The van der Waals surface area contributed by atoms with Crippen molar-refractivity contribution in [3.63, 3.8) is 0 Å². The molecule has 0 bridgehead atoms. The Morgan fingerprint density at radius 2 is 1.71 bits per heavy atom. The standard InChI is InChI=1S/C31H31ClFN5O4/c1-30(2,3)38-16-21(18-6-9-22(32)23(33)14-18)20-8-11-25(35-26(20)38)28(40)37-13-12-36(17-31(37,4)5)27(39)24-10-7-19(15-34-24)29(41)42/h6-11,14-16H,12-13,17H2,1-5H3,(H,41,42). The number of aromatic nitrogens is 3. The maximum atomic E-state index is 14.3. The number of benzene rings is 1. The summed E-state index contributed by atoms with van der Waals surface area (Å²) >= 11 is 5.91. The highest BCUT2D eigenvalue weighted by molar-refractivity contribution is 6.30. The molecule has 42 heavy (non-hydrogen) atoms. The summed E-state index contributed by atoms with van der Waals surface area (Å²) in [4.78, 5) is 50.2. The number of carboxylic acids is 1. The van der Waals surface area contributed by atoms with Crippen LogP contribution in [-0.2, 0) is 5.54 Å². The van der Waals surface area contributed by atoms with E-state index in [1.165, 1.54) is 24.3 Å². The van der Waals surface area contributed by atoms with E-state index in [4.69, 9.17) is 21.7 Å². The van der Waals surface area contributed by atoms with Gasteiger partial charge in [0.15, 0.2) is 0 Å². The third-order valence-electron chi connectivity index (χ3n) is 7.49. The highest BCUT2D eigenvalue weighted by Crippen LogP contribution is 2.35.